The maximum Gasteiger partial charge on any atom is 0.222 e. The number of anilines is 1. The largest absolute Gasteiger partial charge is 0.463 e. The van der Waals surface area contributed by atoms with Crippen LogP contribution < -0.4 is 5.73 Å². The van der Waals surface area contributed by atoms with E-state index in [9.17, 15) is 4.79 Å². The predicted octanol–water partition coefficient (Wildman–Crippen LogP) is 1.95. The number of furan rings is 1. The van der Waals surface area contributed by atoms with Crippen molar-refractivity contribution >= 4 is 22.9 Å². The number of nitrogens with zero attached hydrogens (tertiary/aromatic N) is 5. The van der Waals surface area contributed by atoms with E-state index in [1.54, 1.807) is 24.3 Å². The van der Waals surface area contributed by atoms with E-state index in [0.29, 0.717) is 28.2 Å². The molecule has 8 heteroatoms. The van der Waals surface area contributed by atoms with Gasteiger partial charge in [-0.2, -0.15) is 4.98 Å². The van der Waals surface area contributed by atoms with Crippen LogP contribution in [0.5, 0.6) is 0 Å². The Morgan fingerprint density at radius 3 is 2.71 bits per heavy atom. The molecule has 1 aromatic carbocycles. The van der Waals surface area contributed by atoms with E-state index >= 15 is 0 Å². The number of fused-ring (bicyclic) bond motifs is 1. The van der Waals surface area contributed by atoms with E-state index in [4.69, 9.17) is 10.2 Å². The van der Waals surface area contributed by atoms with Crippen molar-refractivity contribution in [3.63, 3.8) is 0 Å². The van der Waals surface area contributed by atoms with Crippen LogP contribution in [0.2, 0.25) is 0 Å². The number of aromatic nitrogens is 5. The highest BCUT2D eigenvalue weighted by molar-refractivity contribution is 5.96. The van der Waals surface area contributed by atoms with Gasteiger partial charge in [-0.25, -0.2) is 9.67 Å². The monoisotopic (exact) mass is 320 g/mol. The summed E-state index contributed by atoms with van der Waals surface area (Å²) in [6, 6.07) is 12.4. The van der Waals surface area contributed by atoms with E-state index in [2.05, 4.69) is 20.3 Å². The summed E-state index contributed by atoms with van der Waals surface area (Å²) in [5, 5.41) is 8.10. The lowest BCUT2D eigenvalue weighted by Gasteiger charge is -2.03. The number of rotatable bonds is 4. The van der Waals surface area contributed by atoms with Crippen LogP contribution in [0, 0.1) is 0 Å². The Morgan fingerprint density at radius 2 is 1.96 bits per heavy atom. The maximum absolute atomic E-state index is 12.4. The summed E-state index contributed by atoms with van der Waals surface area (Å²) in [5.74, 6) is 0.472. The van der Waals surface area contributed by atoms with Crippen molar-refractivity contribution in [1.82, 2.24) is 25.0 Å². The fourth-order valence-corrected chi connectivity index (χ4v) is 2.42. The zero-order chi connectivity index (χ0) is 16.5. The molecule has 0 fully saturated rings. The molecule has 0 unspecified atom stereocenters. The Labute approximate surface area is 135 Å². The third kappa shape index (κ3) is 2.39. The van der Waals surface area contributed by atoms with Gasteiger partial charge in [-0.3, -0.25) is 4.79 Å². The van der Waals surface area contributed by atoms with E-state index < -0.39 is 0 Å². The molecule has 4 aromatic rings. The fourth-order valence-electron chi connectivity index (χ4n) is 2.42. The fraction of sp³-hybridized carbons (Fsp3) is 0.0625. The van der Waals surface area contributed by atoms with Gasteiger partial charge in [-0.1, -0.05) is 35.5 Å². The second kappa shape index (κ2) is 5.58. The SMILES string of the molecule is Nc1nc(-c2ccco2)c2nnn(CC(=O)c3ccccc3)c2n1. The first-order valence-electron chi connectivity index (χ1n) is 7.21. The van der Waals surface area contributed by atoms with Crippen LogP contribution in [0.25, 0.3) is 22.6 Å². The molecule has 0 bridgehead atoms. The minimum absolute atomic E-state index is 0.00849. The molecule has 2 N–H and O–H groups in total. The number of carbonyl (C=O) groups is 1. The molecule has 118 valence electrons. The van der Waals surface area contributed by atoms with Gasteiger partial charge < -0.3 is 10.2 Å². The number of benzene rings is 1. The second-order valence-corrected chi connectivity index (χ2v) is 5.12. The van der Waals surface area contributed by atoms with E-state index in [1.165, 1.54) is 10.9 Å². The third-order valence-electron chi connectivity index (χ3n) is 3.52. The molecule has 0 saturated carbocycles. The van der Waals surface area contributed by atoms with Gasteiger partial charge in [-0.05, 0) is 12.1 Å². The predicted molar refractivity (Wildman–Crippen MR) is 86.0 cm³/mol. The van der Waals surface area contributed by atoms with Gasteiger partial charge in [-0.15, -0.1) is 5.10 Å². The molecule has 24 heavy (non-hydrogen) atoms. The molecule has 8 nitrogen and oxygen atoms in total. The molecule has 0 aliphatic carbocycles. The van der Waals surface area contributed by atoms with Gasteiger partial charge >= 0.3 is 0 Å². The number of carbonyl (C=O) groups excluding carboxylic acids is 1. The molecule has 0 amide bonds. The molecule has 0 radical (unpaired) electrons. The quantitative estimate of drug-likeness (QED) is 0.572. The first kappa shape index (κ1) is 14.1. The van der Waals surface area contributed by atoms with Gasteiger partial charge in [0.25, 0.3) is 0 Å². The summed E-state index contributed by atoms with van der Waals surface area (Å²) in [7, 11) is 0. The maximum atomic E-state index is 12.4. The Balaban J connectivity index is 1.77. The lowest BCUT2D eigenvalue weighted by molar-refractivity contribution is 0.0968. The highest BCUT2D eigenvalue weighted by atomic mass is 16.3. The lowest BCUT2D eigenvalue weighted by atomic mass is 10.1. The molecular weight excluding hydrogens is 308 g/mol. The van der Waals surface area contributed by atoms with Crippen molar-refractivity contribution in [3.8, 4) is 11.5 Å². The van der Waals surface area contributed by atoms with Gasteiger partial charge in [0.2, 0.25) is 5.95 Å². The Hall–Kier alpha value is -3.55. The summed E-state index contributed by atoms with van der Waals surface area (Å²) >= 11 is 0. The highest BCUT2D eigenvalue weighted by Gasteiger charge is 2.18. The minimum atomic E-state index is -0.0980. The summed E-state index contributed by atoms with van der Waals surface area (Å²) in [5.41, 5.74) is 7.64. The molecular formula is C16H12N6O2. The molecule has 4 rings (SSSR count). The highest BCUT2D eigenvalue weighted by Crippen LogP contribution is 2.25. The van der Waals surface area contributed by atoms with Gasteiger partial charge in [0, 0.05) is 5.56 Å². The lowest BCUT2D eigenvalue weighted by Crippen LogP contribution is -2.12. The Morgan fingerprint density at radius 1 is 1.12 bits per heavy atom. The van der Waals surface area contributed by atoms with E-state index in [0.717, 1.165) is 0 Å². The van der Waals surface area contributed by atoms with Crippen LogP contribution in [0.4, 0.5) is 5.95 Å². The van der Waals surface area contributed by atoms with Crippen molar-refractivity contribution in [3.05, 3.63) is 54.3 Å². The van der Waals surface area contributed by atoms with Crippen LogP contribution in [0.15, 0.2) is 53.1 Å². The average molecular weight is 320 g/mol. The molecule has 3 aromatic heterocycles. The Kier molecular flexibility index (Phi) is 3.27. The van der Waals surface area contributed by atoms with Crippen molar-refractivity contribution in [1.29, 1.82) is 0 Å². The van der Waals surface area contributed by atoms with Crippen molar-refractivity contribution in [2.75, 3.05) is 5.73 Å². The summed E-state index contributed by atoms with van der Waals surface area (Å²) < 4.78 is 6.76. The number of nitrogen functional groups attached to an aromatic ring is 1. The van der Waals surface area contributed by atoms with Gasteiger partial charge in [0.15, 0.2) is 22.7 Å². The zero-order valence-corrected chi connectivity index (χ0v) is 12.5. The average Bonchev–Trinajstić information content (AvgIpc) is 3.26. The van der Waals surface area contributed by atoms with Crippen LogP contribution in [0.3, 0.4) is 0 Å². The van der Waals surface area contributed by atoms with Crippen LogP contribution in [-0.4, -0.2) is 30.7 Å². The number of hydrogen-bond donors (Lipinski definition) is 1. The number of ketones is 1. The standard InChI is InChI=1S/C16H12N6O2/c17-16-18-13(12-7-4-8-24-12)14-15(19-16)22(21-20-14)9-11(23)10-5-2-1-3-6-10/h1-8H,9H2,(H2,17,18,19). The molecule has 0 atom stereocenters. The summed E-state index contributed by atoms with van der Waals surface area (Å²) in [6.45, 7) is 0.00849. The van der Waals surface area contributed by atoms with Gasteiger partial charge in [0.05, 0.1) is 6.26 Å². The smallest absolute Gasteiger partial charge is 0.222 e. The zero-order valence-electron chi connectivity index (χ0n) is 12.5. The summed E-state index contributed by atoms with van der Waals surface area (Å²) in [4.78, 5) is 20.7. The van der Waals surface area contributed by atoms with Crippen LogP contribution in [-0.2, 0) is 6.54 Å². The normalized spacial score (nSPS) is 11.0. The molecule has 0 spiro atoms. The van der Waals surface area contributed by atoms with Crippen molar-refractivity contribution in [2.45, 2.75) is 6.54 Å². The minimum Gasteiger partial charge on any atom is -0.463 e. The van der Waals surface area contributed by atoms with Crippen molar-refractivity contribution < 1.29 is 9.21 Å². The first-order valence-corrected chi connectivity index (χ1v) is 7.21. The number of nitrogens with two attached hydrogens (primary N) is 1. The topological polar surface area (TPSA) is 113 Å². The molecule has 3 heterocycles. The number of hydrogen-bond acceptors (Lipinski definition) is 7. The first-order chi connectivity index (χ1) is 11.7. The molecule has 0 saturated heterocycles. The van der Waals surface area contributed by atoms with Crippen molar-refractivity contribution in [2.24, 2.45) is 0 Å². The number of Topliss-reactive ketones (excluding diaryl/α,β-unsaturated/α-hetero) is 1. The molecule has 0 aliphatic rings. The van der Waals surface area contributed by atoms with E-state index in [1.807, 2.05) is 18.2 Å². The van der Waals surface area contributed by atoms with E-state index in [-0.39, 0.29) is 18.3 Å². The molecule has 0 aliphatic heterocycles. The third-order valence-corrected chi connectivity index (χ3v) is 3.52. The van der Waals surface area contributed by atoms with Crippen LogP contribution >= 0.6 is 0 Å². The Bertz CT molecular complexity index is 1010. The van der Waals surface area contributed by atoms with Gasteiger partial charge in [0.1, 0.15) is 12.2 Å². The second-order valence-electron chi connectivity index (χ2n) is 5.12. The summed E-state index contributed by atoms with van der Waals surface area (Å²) in [6.07, 6.45) is 1.53. The van der Waals surface area contributed by atoms with Crippen LogP contribution in [0.1, 0.15) is 10.4 Å².